The van der Waals surface area contributed by atoms with Crippen LogP contribution in [0.25, 0.3) is 0 Å². The molecule has 1 saturated heterocycles. The van der Waals surface area contributed by atoms with Gasteiger partial charge in [-0.05, 0) is 37.8 Å². The molecule has 1 N–H and O–H groups in total. The van der Waals surface area contributed by atoms with Crippen molar-refractivity contribution in [3.8, 4) is 0 Å². The number of piperidine rings is 1. The highest BCUT2D eigenvalue weighted by molar-refractivity contribution is 5.46. The smallest absolute Gasteiger partial charge is 0.0576 e. The number of nitrogens with zero attached hydrogens (tertiary/aromatic N) is 2. The van der Waals surface area contributed by atoms with Gasteiger partial charge in [-0.3, -0.25) is 4.98 Å². The molecule has 2 rings (SSSR count). The van der Waals surface area contributed by atoms with Gasteiger partial charge in [-0.15, -0.1) is 0 Å². The first-order valence-electron chi connectivity index (χ1n) is 6.48. The van der Waals surface area contributed by atoms with Crippen molar-refractivity contribution < 1.29 is 5.11 Å². The fourth-order valence-corrected chi connectivity index (χ4v) is 2.44. The quantitative estimate of drug-likeness (QED) is 0.854. The molecule has 94 valence electrons. The number of aromatic nitrogens is 1. The Labute approximate surface area is 103 Å². The molecule has 1 aromatic heterocycles. The summed E-state index contributed by atoms with van der Waals surface area (Å²) in [6.07, 6.45) is 3.54. The first-order chi connectivity index (χ1) is 8.08. The third kappa shape index (κ3) is 2.78. The molecule has 3 heteroatoms. The number of aliphatic hydroxyl groups excluding tert-OH is 1. The van der Waals surface area contributed by atoms with E-state index in [0.717, 1.165) is 25.1 Å². The average Bonchev–Trinajstić information content (AvgIpc) is 2.29. The Morgan fingerprint density at radius 1 is 1.41 bits per heavy atom. The highest BCUT2D eigenvalue weighted by atomic mass is 16.3. The van der Waals surface area contributed by atoms with Crippen LogP contribution >= 0.6 is 0 Å². The Morgan fingerprint density at radius 2 is 2.18 bits per heavy atom. The largest absolute Gasteiger partial charge is 0.393 e. The lowest BCUT2D eigenvalue weighted by Gasteiger charge is -2.37. The van der Waals surface area contributed by atoms with Gasteiger partial charge in [0.2, 0.25) is 0 Å². The predicted octanol–water partition coefficient (Wildman–Crippen LogP) is 2.55. The zero-order valence-corrected chi connectivity index (χ0v) is 10.9. The van der Waals surface area contributed by atoms with Gasteiger partial charge in [0.25, 0.3) is 0 Å². The summed E-state index contributed by atoms with van der Waals surface area (Å²) in [6.45, 7) is 7.40. The molecule has 0 aliphatic carbocycles. The van der Waals surface area contributed by atoms with Gasteiger partial charge in [0.1, 0.15) is 0 Å². The predicted molar refractivity (Wildman–Crippen MR) is 70.4 cm³/mol. The van der Waals surface area contributed by atoms with Crippen molar-refractivity contribution in [3.63, 3.8) is 0 Å². The summed E-state index contributed by atoms with van der Waals surface area (Å²) in [5.74, 6) is 0.477. The van der Waals surface area contributed by atoms with Crippen LogP contribution in [0, 0.1) is 0 Å². The summed E-state index contributed by atoms with van der Waals surface area (Å²) in [5.41, 5.74) is 2.31. The van der Waals surface area contributed by atoms with Crippen LogP contribution in [0.1, 0.15) is 45.2 Å². The molecular weight excluding hydrogens is 212 g/mol. The summed E-state index contributed by atoms with van der Waals surface area (Å²) in [4.78, 5) is 6.84. The van der Waals surface area contributed by atoms with E-state index in [9.17, 15) is 5.11 Å². The Balaban J connectivity index is 2.11. The summed E-state index contributed by atoms with van der Waals surface area (Å²) in [7, 11) is 0. The topological polar surface area (TPSA) is 36.4 Å². The van der Waals surface area contributed by atoms with Crippen molar-refractivity contribution >= 4 is 5.69 Å². The molecular formula is C14H22N2O. The molecule has 0 spiro atoms. The summed E-state index contributed by atoms with van der Waals surface area (Å²) in [5, 5.41) is 9.62. The molecule has 0 radical (unpaired) electrons. The van der Waals surface area contributed by atoms with Gasteiger partial charge in [-0.25, -0.2) is 0 Å². The number of anilines is 1. The molecule has 1 fully saturated rings. The molecule has 17 heavy (non-hydrogen) atoms. The van der Waals surface area contributed by atoms with E-state index in [4.69, 9.17) is 0 Å². The van der Waals surface area contributed by atoms with E-state index >= 15 is 0 Å². The van der Waals surface area contributed by atoms with Crippen molar-refractivity contribution in [1.29, 1.82) is 0 Å². The SMILES string of the molecule is CC(C)c1ccc(N2CC[C@@H](O)C[C@H]2C)cn1. The van der Waals surface area contributed by atoms with Gasteiger partial charge < -0.3 is 10.0 Å². The van der Waals surface area contributed by atoms with Crippen LogP contribution in [0.2, 0.25) is 0 Å². The van der Waals surface area contributed by atoms with Crippen molar-refractivity contribution in [3.05, 3.63) is 24.0 Å². The molecule has 0 bridgehead atoms. The molecule has 2 atom stereocenters. The van der Waals surface area contributed by atoms with Gasteiger partial charge in [0.15, 0.2) is 0 Å². The normalized spacial score (nSPS) is 25.4. The molecule has 1 aliphatic heterocycles. The average molecular weight is 234 g/mol. The molecule has 1 aliphatic rings. The minimum Gasteiger partial charge on any atom is -0.393 e. The Bertz CT molecular complexity index is 361. The van der Waals surface area contributed by atoms with E-state index in [0.29, 0.717) is 12.0 Å². The monoisotopic (exact) mass is 234 g/mol. The van der Waals surface area contributed by atoms with Gasteiger partial charge in [-0.1, -0.05) is 13.8 Å². The lowest BCUT2D eigenvalue weighted by molar-refractivity contribution is 0.131. The lowest BCUT2D eigenvalue weighted by Crippen LogP contribution is -2.42. The highest BCUT2D eigenvalue weighted by Gasteiger charge is 2.24. The maximum absolute atomic E-state index is 9.62. The van der Waals surface area contributed by atoms with E-state index in [1.807, 2.05) is 6.20 Å². The fraction of sp³-hybridized carbons (Fsp3) is 0.643. The number of hydrogen-bond acceptors (Lipinski definition) is 3. The summed E-state index contributed by atoms with van der Waals surface area (Å²) < 4.78 is 0. The van der Waals surface area contributed by atoms with Crippen LogP contribution in [0.4, 0.5) is 5.69 Å². The second-order valence-corrected chi connectivity index (χ2v) is 5.32. The maximum Gasteiger partial charge on any atom is 0.0576 e. The minimum atomic E-state index is -0.135. The molecule has 0 aromatic carbocycles. The van der Waals surface area contributed by atoms with E-state index in [1.165, 1.54) is 5.69 Å². The van der Waals surface area contributed by atoms with Gasteiger partial charge in [0.05, 0.1) is 18.0 Å². The van der Waals surface area contributed by atoms with E-state index < -0.39 is 0 Å². The van der Waals surface area contributed by atoms with Crippen molar-refractivity contribution in [2.45, 2.75) is 51.7 Å². The minimum absolute atomic E-state index is 0.135. The van der Waals surface area contributed by atoms with Crippen molar-refractivity contribution in [2.75, 3.05) is 11.4 Å². The zero-order valence-electron chi connectivity index (χ0n) is 10.9. The Hall–Kier alpha value is -1.09. The molecule has 2 heterocycles. The van der Waals surface area contributed by atoms with Crippen LogP contribution in [0.3, 0.4) is 0 Å². The molecule has 3 nitrogen and oxygen atoms in total. The second-order valence-electron chi connectivity index (χ2n) is 5.32. The van der Waals surface area contributed by atoms with Crippen LogP contribution in [0.5, 0.6) is 0 Å². The van der Waals surface area contributed by atoms with Gasteiger partial charge in [-0.2, -0.15) is 0 Å². The summed E-state index contributed by atoms with van der Waals surface area (Å²) >= 11 is 0. The zero-order chi connectivity index (χ0) is 12.4. The van der Waals surface area contributed by atoms with Crippen LogP contribution in [-0.2, 0) is 0 Å². The molecule has 0 saturated carbocycles. The first-order valence-corrected chi connectivity index (χ1v) is 6.48. The maximum atomic E-state index is 9.62. The molecule has 1 aromatic rings. The van der Waals surface area contributed by atoms with Crippen LogP contribution in [-0.4, -0.2) is 28.8 Å². The molecule has 0 amide bonds. The molecule has 0 unspecified atom stereocenters. The Kier molecular flexibility index (Phi) is 3.67. The third-order valence-electron chi connectivity index (χ3n) is 3.54. The number of aliphatic hydroxyl groups is 1. The number of pyridine rings is 1. The third-order valence-corrected chi connectivity index (χ3v) is 3.54. The van der Waals surface area contributed by atoms with Gasteiger partial charge >= 0.3 is 0 Å². The van der Waals surface area contributed by atoms with E-state index in [1.54, 1.807) is 0 Å². The van der Waals surface area contributed by atoms with Gasteiger partial charge in [0, 0.05) is 18.3 Å². The second kappa shape index (κ2) is 5.05. The van der Waals surface area contributed by atoms with E-state index in [-0.39, 0.29) is 6.10 Å². The van der Waals surface area contributed by atoms with Crippen LogP contribution in [0.15, 0.2) is 18.3 Å². The number of hydrogen-bond donors (Lipinski definition) is 1. The number of rotatable bonds is 2. The van der Waals surface area contributed by atoms with Crippen LogP contribution < -0.4 is 4.90 Å². The lowest BCUT2D eigenvalue weighted by atomic mass is 10.00. The highest BCUT2D eigenvalue weighted by Crippen LogP contribution is 2.25. The summed E-state index contributed by atoms with van der Waals surface area (Å²) in [6, 6.07) is 4.65. The van der Waals surface area contributed by atoms with Crippen molar-refractivity contribution in [2.24, 2.45) is 0 Å². The fourth-order valence-electron chi connectivity index (χ4n) is 2.44. The first kappa shape index (κ1) is 12.4. The van der Waals surface area contributed by atoms with E-state index in [2.05, 4.69) is 42.8 Å². The Morgan fingerprint density at radius 3 is 2.71 bits per heavy atom. The van der Waals surface area contributed by atoms with Crippen molar-refractivity contribution in [1.82, 2.24) is 4.98 Å². The standard InChI is InChI=1S/C14H22N2O/c1-10(2)14-5-4-12(9-15-14)16-7-6-13(17)8-11(16)3/h4-5,9-11,13,17H,6-8H2,1-3H3/t11-,13-/m1/s1.